The molecule has 2 heterocycles. The Morgan fingerprint density at radius 3 is 2.70 bits per heavy atom. The van der Waals surface area contributed by atoms with Crippen LogP contribution in [0.4, 0.5) is 0 Å². The van der Waals surface area contributed by atoms with E-state index in [0.717, 1.165) is 44.6 Å². The lowest BCUT2D eigenvalue weighted by Crippen LogP contribution is -2.26. The molecule has 0 aliphatic heterocycles. The Bertz CT molecular complexity index is 1210. The van der Waals surface area contributed by atoms with Crippen LogP contribution in [0.5, 0.6) is 11.5 Å². The molecular formula is C24H23N3O3. The quantitative estimate of drug-likeness (QED) is 0.359. The van der Waals surface area contributed by atoms with Gasteiger partial charge >= 0.3 is 0 Å². The van der Waals surface area contributed by atoms with Crippen LogP contribution >= 0.6 is 0 Å². The van der Waals surface area contributed by atoms with Gasteiger partial charge in [0.1, 0.15) is 18.1 Å². The van der Waals surface area contributed by atoms with Gasteiger partial charge in [0, 0.05) is 29.1 Å². The topological polar surface area (TPSA) is 76.2 Å². The SMILES string of the molecule is COc1ccc(/C=C/C(=O)NCCOc2ccc3c(c2)[nH]c2c(C)nccc23)cc1. The number of hydrogen-bond acceptors (Lipinski definition) is 4. The normalized spacial score (nSPS) is 11.3. The third-order valence-electron chi connectivity index (χ3n) is 4.89. The predicted molar refractivity (Wildman–Crippen MR) is 119 cm³/mol. The third kappa shape index (κ3) is 4.27. The molecule has 0 aliphatic carbocycles. The Morgan fingerprint density at radius 1 is 1.10 bits per heavy atom. The number of carbonyl (C=O) groups excluding carboxylic acids is 1. The molecule has 152 valence electrons. The van der Waals surface area contributed by atoms with E-state index < -0.39 is 0 Å². The van der Waals surface area contributed by atoms with Crippen molar-refractivity contribution in [2.24, 2.45) is 0 Å². The summed E-state index contributed by atoms with van der Waals surface area (Å²) in [7, 11) is 1.62. The first-order chi connectivity index (χ1) is 14.6. The summed E-state index contributed by atoms with van der Waals surface area (Å²) in [5, 5.41) is 5.11. The highest BCUT2D eigenvalue weighted by Crippen LogP contribution is 2.29. The maximum Gasteiger partial charge on any atom is 0.244 e. The van der Waals surface area contributed by atoms with Crippen molar-refractivity contribution in [2.75, 3.05) is 20.3 Å². The second kappa shape index (κ2) is 8.69. The van der Waals surface area contributed by atoms with E-state index >= 15 is 0 Å². The lowest BCUT2D eigenvalue weighted by Gasteiger charge is -2.07. The molecule has 1 amide bonds. The zero-order valence-electron chi connectivity index (χ0n) is 16.9. The number of H-pyrrole nitrogens is 1. The van der Waals surface area contributed by atoms with Gasteiger partial charge in [-0.15, -0.1) is 0 Å². The number of nitrogens with one attached hydrogen (secondary N) is 2. The van der Waals surface area contributed by atoms with Crippen LogP contribution < -0.4 is 14.8 Å². The highest BCUT2D eigenvalue weighted by molar-refractivity contribution is 6.08. The zero-order valence-corrected chi connectivity index (χ0v) is 16.9. The van der Waals surface area contributed by atoms with Crippen LogP contribution in [0.1, 0.15) is 11.3 Å². The number of aryl methyl sites for hydroxylation is 1. The number of hydrogen-bond donors (Lipinski definition) is 2. The number of methoxy groups -OCH3 is 1. The summed E-state index contributed by atoms with van der Waals surface area (Å²) >= 11 is 0. The molecule has 0 unspecified atom stereocenters. The van der Waals surface area contributed by atoms with Crippen molar-refractivity contribution in [1.29, 1.82) is 0 Å². The second-order valence-corrected chi connectivity index (χ2v) is 6.90. The van der Waals surface area contributed by atoms with Crippen LogP contribution in [-0.4, -0.2) is 36.1 Å². The summed E-state index contributed by atoms with van der Waals surface area (Å²) in [4.78, 5) is 19.7. The number of amides is 1. The highest BCUT2D eigenvalue weighted by atomic mass is 16.5. The van der Waals surface area contributed by atoms with Gasteiger partial charge in [-0.05, 0) is 48.9 Å². The molecule has 6 nitrogen and oxygen atoms in total. The average Bonchev–Trinajstić information content (AvgIpc) is 3.15. The zero-order chi connectivity index (χ0) is 20.9. The Balaban J connectivity index is 1.30. The first-order valence-electron chi connectivity index (χ1n) is 9.74. The summed E-state index contributed by atoms with van der Waals surface area (Å²) in [5.74, 6) is 1.37. The highest BCUT2D eigenvalue weighted by Gasteiger charge is 2.07. The van der Waals surface area contributed by atoms with Crippen LogP contribution in [-0.2, 0) is 4.79 Å². The molecule has 4 rings (SSSR count). The molecular weight excluding hydrogens is 378 g/mol. The molecule has 2 aromatic carbocycles. The van der Waals surface area contributed by atoms with E-state index in [1.807, 2.05) is 61.7 Å². The molecule has 0 radical (unpaired) electrons. The first kappa shape index (κ1) is 19.5. The maximum atomic E-state index is 12.0. The van der Waals surface area contributed by atoms with E-state index in [-0.39, 0.29) is 5.91 Å². The lowest BCUT2D eigenvalue weighted by molar-refractivity contribution is -0.116. The number of rotatable bonds is 7. The Kier molecular flexibility index (Phi) is 5.66. The standard InChI is InChI=1S/C24H23N3O3/c1-16-24-21(11-12-25-16)20-9-8-19(15-22(20)27-24)30-14-13-26-23(28)10-5-17-3-6-18(29-2)7-4-17/h3-12,15,27H,13-14H2,1-2H3,(H,26,28)/b10-5+. The van der Waals surface area contributed by atoms with Crippen molar-refractivity contribution in [3.63, 3.8) is 0 Å². The third-order valence-corrected chi connectivity index (χ3v) is 4.89. The minimum Gasteiger partial charge on any atom is -0.497 e. The van der Waals surface area contributed by atoms with Gasteiger partial charge < -0.3 is 19.8 Å². The Morgan fingerprint density at radius 2 is 1.90 bits per heavy atom. The lowest BCUT2D eigenvalue weighted by atomic mass is 10.1. The molecule has 4 aromatic rings. The summed E-state index contributed by atoms with van der Waals surface area (Å²) < 4.78 is 10.9. The molecule has 0 bridgehead atoms. The van der Waals surface area contributed by atoms with E-state index in [1.54, 1.807) is 13.2 Å². The fourth-order valence-electron chi connectivity index (χ4n) is 3.32. The van der Waals surface area contributed by atoms with Crippen molar-refractivity contribution >= 4 is 33.8 Å². The molecule has 0 fully saturated rings. The number of benzene rings is 2. The second-order valence-electron chi connectivity index (χ2n) is 6.90. The summed E-state index contributed by atoms with van der Waals surface area (Å²) in [6, 6.07) is 15.5. The first-order valence-corrected chi connectivity index (χ1v) is 9.74. The molecule has 0 spiro atoms. The van der Waals surface area contributed by atoms with Crippen molar-refractivity contribution in [3.8, 4) is 11.5 Å². The largest absolute Gasteiger partial charge is 0.497 e. The molecule has 0 saturated heterocycles. The maximum absolute atomic E-state index is 12.0. The average molecular weight is 401 g/mol. The fourth-order valence-corrected chi connectivity index (χ4v) is 3.32. The van der Waals surface area contributed by atoms with Gasteiger partial charge in [0.2, 0.25) is 5.91 Å². The van der Waals surface area contributed by atoms with Gasteiger partial charge in [0.15, 0.2) is 0 Å². The van der Waals surface area contributed by atoms with Crippen molar-refractivity contribution in [3.05, 3.63) is 72.1 Å². The van der Waals surface area contributed by atoms with E-state index in [4.69, 9.17) is 9.47 Å². The van der Waals surface area contributed by atoms with Crippen LogP contribution in [0.3, 0.4) is 0 Å². The van der Waals surface area contributed by atoms with Crippen molar-refractivity contribution in [1.82, 2.24) is 15.3 Å². The molecule has 30 heavy (non-hydrogen) atoms. The molecule has 2 aromatic heterocycles. The number of aromatic nitrogens is 2. The molecule has 6 heteroatoms. The molecule has 2 N–H and O–H groups in total. The summed E-state index contributed by atoms with van der Waals surface area (Å²) in [6.45, 7) is 2.79. The Labute approximate surface area is 174 Å². The number of ether oxygens (including phenoxy) is 2. The van der Waals surface area contributed by atoms with Gasteiger partial charge in [0.05, 0.1) is 30.4 Å². The minimum atomic E-state index is -0.163. The van der Waals surface area contributed by atoms with Crippen LogP contribution in [0, 0.1) is 6.92 Å². The molecule has 0 saturated carbocycles. The number of fused-ring (bicyclic) bond motifs is 3. The van der Waals surface area contributed by atoms with Crippen molar-refractivity contribution in [2.45, 2.75) is 6.92 Å². The molecule has 0 atom stereocenters. The Hall–Kier alpha value is -3.80. The number of pyridine rings is 1. The van der Waals surface area contributed by atoms with E-state index in [0.29, 0.717) is 13.2 Å². The van der Waals surface area contributed by atoms with Crippen LogP contribution in [0.2, 0.25) is 0 Å². The van der Waals surface area contributed by atoms with Crippen LogP contribution in [0.25, 0.3) is 27.9 Å². The smallest absolute Gasteiger partial charge is 0.244 e. The van der Waals surface area contributed by atoms with E-state index in [1.165, 1.54) is 6.08 Å². The fraction of sp³-hybridized carbons (Fsp3) is 0.167. The number of aromatic amines is 1. The monoisotopic (exact) mass is 401 g/mol. The molecule has 0 aliphatic rings. The summed E-state index contributed by atoms with van der Waals surface area (Å²) in [5.41, 5.74) is 3.95. The van der Waals surface area contributed by atoms with E-state index in [9.17, 15) is 4.79 Å². The summed E-state index contributed by atoms with van der Waals surface area (Å²) in [6.07, 6.45) is 5.09. The predicted octanol–water partition coefficient (Wildman–Crippen LogP) is 4.24. The number of nitrogens with zero attached hydrogens (tertiary/aromatic N) is 1. The van der Waals surface area contributed by atoms with Crippen LogP contribution in [0.15, 0.2) is 60.8 Å². The van der Waals surface area contributed by atoms with Gasteiger partial charge in [0.25, 0.3) is 0 Å². The van der Waals surface area contributed by atoms with E-state index in [2.05, 4.69) is 15.3 Å². The van der Waals surface area contributed by atoms with Crippen molar-refractivity contribution < 1.29 is 14.3 Å². The van der Waals surface area contributed by atoms with Gasteiger partial charge in [-0.25, -0.2) is 0 Å². The number of carbonyl (C=O) groups is 1. The minimum absolute atomic E-state index is 0.163. The van der Waals surface area contributed by atoms with Gasteiger partial charge in [-0.2, -0.15) is 0 Å². The van der Waals surface area contributed by atoms with Gasteiger partial charge in [-0.3, -0.25) is 9.78 Å². The van der Waals surface area contributed by atoms with Gasteiger partial charge in [-0.1, -0.05) is 12.1 Å².